The summed E-state index contributed by atoms with van der Waals surface area (Å²) in [6.07, 6.45) is -1.71. The van der Waals surface area contributed by atoms with Crippen LogP contribution in [0.15, 0.2) is 4.52 Å². The van der Waals surface area contributed by atoms with Gasteiger partial charge in [0.05, 0.1) is 6.42 Å². The first-order valence-electron chi connectivity index (χ1n) is 6.28. The van der Waals surface area contributed by atoms with E-state index in [1.807, 2.05) is 0 Å². The predicted molar refractivity (Wildman–Crippen MR) is 59.4 cm³/mol. The van der Waals surface area contributed by atoms with Crippen LogP contribution < -0.4 is 0 Å². The zero-order chi connectivity index (χ0) is 14.0. The van der Waals surface area contributed by atoms with Gasteiger partial charge in [-0.25, -0.2) is 0 Å². The molecule has 1 aliphatic rings. The Bertz CT molecular complexity index is 456. The molecule has 1 aromatic heterocycles. The number of ketones is 1. The van der Waals surface area contributed by atoms with E-state index >= 15 is 0 Å². The fraction of sp³-hybridized carbons (Fsp3) is 0.750. The Morgan fingerprint density at radius 3 is 2.79 bits per heavy atom. The third-order valence-electron chi connectivity index (χ3n) is 3.41. The molecule has 106 valence electrons. The largest absolute Gasteiger partial charge is 0.450 e. The van der Waals surface area contributed by atoms with Crippen molar-refractivity contribution in [2.75, 3.05) is 0 Å². The summed E-state index contributed by atoms with van der Waals surface area (Å²) in [5.74, 6) is -1.01. The smallest absolute Gasteiger partial charge is 0.339 e. The minimum atomic E-state index is -4.85. The van der Waals surface area contributed by atoms with Crippen LogP contribution in [0.1, 0.15) is 50.2 Å². The average molecular weight is 276 g/mol. The van der Waals surface area contributed by atoms with Gasteiger partial charge in [0.25, 0.3) is 0 Å². The molecule has 7 heteroatoms. The molecule has 0 amide bonds. The number of rotatable bonds is 3. The van der Waals surface area contributed by atoms with Crippen molar-refractivity contribution in [3.05, 3.63) is 11.7 Å². The molecule has 2 rings (SSSR count). The number of carbonyl (C=O) groups excluding carboxylic acids is 1. The Kier molecular flexibility index (Phi) is 3.91. The summed E-state index contributed by atoms with van der Waals surface area (Å²) in [6.45, 7) is 2.13. The molecule has 19 heavy (non-hydrogen) atoms. The van der Waals surface area contributed by atoms with E-state index in [0.717, 1.165) is 25.7 Å². The van der Waals surface area contributed by atoms with E-state index in [9.17, 15) is 18.0 Å². The lowest BCUT2D eigenvalue weighted by Crippen LogP contribution is -2.24. The average Bonchev–Trinajstić information content (AvgIpc) is 2.76. The van der Waals surface area contributed by atoms with Crippen LogP contribution in [0.4, 0.5) is 13.2 Å². The Morgan fingerprint density at radius 2 is 2.16 bits per heavy atom. The van der Waals surface area contributed by atoms with Crippen LogP contribution >= 0.6 is 0 Å². The number of alkyl halides is 3. The van der Waals surface area contributed by atoms with Gasteiger partial charge in [0, 0.05) is 5.92 Å². The van der Waals surface area contributed by atoms with Gasteiger partial charge in [-0.3, -0.25) is 4.79 Å². The number of hydrogen-bond donors (Lipinski definition) is 0. The van der Waals surface area contributed by atoms with Crippen LogP contribution in [0.5, 0.6) is 0 Å². The van der Waals surface area contributed by atoms with Gasteiger partial charge in [-0.15, -0.1) is 0 Å². The molecule has 0 bridgehead atoms. The van der Waals surface area contributed by atoms with Crippen LogP contribution in [-0.2, 0) is 11.2 Å². The third kappa shape index (κ3) is 3.54. The molecule has 0 aliphatic heterocycles. The predicted octanol–water partition coefficient (Wildman–Crippen LogP) is 3.04. The fourth-order valence-electron chi connectivity index (χ4n) is 2.41. The first-order chi connectivity index (χ1) is 8.86. The molecule has 0 N–H and O–H groups in total. The normalized spacial score (nSPS) is 24.4. The summed E-state index contributed by atoms with van der Waals surface area (Å²) in [5.41, 5.74) is 0. The topological polar surface area (TPSA) is 56.0 Å². The number of hydrogen-bond acceptors (Lipinski definition) is 4. The molecule has 1 aromatic rings. The minimum absolute atomic E-state index is 0.127. The molecule has 2 atom stereocenters. The number of halogens is 3. The van der Waals surface area contributed by atoms with Crippen LogP contribution in [0.3, 0.4) is 0 Å². The molecular weight excluding hydrogens is 261 g/mol. The highest BCUT2D eigenvalue weighted by Crippen LogP contribution is 2.34. The van der Waals surface area contributed by atoms with Crippen molar-refractivity contribution >= 4 is 5.78 Å². The zero-order valence-electron chi connectivity index (χ0n) is 10.5. The van der Waals surface area contributed by atoms with E-state index in [0.29, 0.717) is 11.7 Å². The van der Waals surface area contributed by atoms with E-state index in [2.05, 4.69) is 17.1 Å². The van der Waals surface area contributed by atoms with E-state index in [1.54, 1.807) is 0 Å². The van der Waals surface area contributed by atoms with Gasteiger partial charge in [0.1, 0.15) is 0 Å². The quantitative estimate of drug-likeness (QED) is 0.851. The molecule has 0 spiro atoms. The summed E-state index contributed by atoms with van der Waals surface area (Å²) in [7, 11) is 0. The third-order valence-corrected chi connectivity index (χ3v) is 3.41. The molecule has 1 aliphatic carbocycles. The Hall–Kier alpha value is -1.40. The molecule has 0 radical (unpaired) electrons. The second-order valence-corrected chi connectivity index (χ2v) is 5.11. The van der Waals surface area contributed by atoms with Crippen molar-refractivity contribution in [3.8, 4) is 0 Å². The highest BCUT2D eigenvalue weighted by Gasteiger charge is 2.39. The van der Waals surface area contributed by atoms with Crippen LogP contribution in [0.2, 0.25) is 0 Å². The molecule has 2 unspecified atom stereocenters. The van der Waals surface area contributed by atoms with Crippen LogP contribution in [0, 0.1) is 5.92 Å². The second-order valence-electron chi connectivity index (χ2n) is 5.11. The maximum Gasteiger partial charge on any atom is 0.450 e. The van der Waals surface area contributed by atoms with Gasteiger partial charge in [-0.1, -0.05) is 24.9 Å². The van der Waals surface area contributed by atoms with Crippen LogP contribution in [0.25, 0.3) is 0 Å². The van der Waals surface area contributed by atoms with Crippen molar-refractivity contribution < 1.29 is 22.5 Å². The van der Waals surface area contributed by atoms with Crippen molar-refractivity contribution in [2.24, 2.45) is 5.92 Å². The summed E-state index contributed by atoms with van der Waals surface area (Å²) >= 11 is 0. The molecule has 1 fully saturated rings. The standard InChI is InChI=1S/C12H15F3N2O2/c1-7-3-2-4-8(5-7)11-16-10(19-17-11)6-9(18)12(13,14)15/h7-8H,2-6H2,1H3. The number of Topliss-reactive ketones (excluding diaryl/α,β-unsaturated/α-hetero) is 1. The monoisotopic (exact) mass is 276 g/mol. The number of nitrogens with zero attached hydrogens (tertiary/aromatic N) is 2. The lowest BCUT2D eigenvalue weighted by Gasteiger charge is -2.23. The highest BCUT2D eigenvalue weighted by atomic mass is 19.4. The van der Waals surface area contributed by atoms with Crippen molar-refractivity contribution in [2.45, 2.75) is 51.1 Å². The summed E-state index contributed by atoms with van der Waals surface area (Å²) in [6, 6.07) is 0. The van der Waals surface area contributed by atoms with E-state index in [4.69, 9.17) is 4.52 Å². The first-order valence-corrected chi connectivity index (χ1v) is 6.28. The molecule has 1 heterocycles. The first kappa shape index (κ1) is 14.0. The van der Waals surface area contributed by atoms with Gasteiger partial charge >= 0.3 is 6.18 Å². The molecule has 1 saturated carbocycles. The fourth-order valence-corrected chi connectivity index (χ4v) is 2.41. The summed E-state index contributed by atoms with van der Waals surface area (Å²) in [5, 5.41) is 3.70. The van der Waals surface area contributed by atoms with Gasteiger partial charge < -0.3 is 4.52 Å². The molecule has 4 nitrogen and oxygen atoms in total. The van der Waals surface area contributed by atoms with Crippen molar-refractivity contribution in [1.29, 1.82) is 0 Å². The Labute approximate surface area is 108 Å². The lowest BCUT2D eigenvalue weighted by molar-refractivity contribution is -0.170. The lowest BCUT2D eigenvalue weighted by atomic mass is 9.82. The molecule has 0 saturated heterocycles. The molecule has 0 aromatic carbocycles. The number of carbonyl (C=O) groups is 1. The number of aromatic nitrogens is 2. The van der Waals surface area contributed by atoms with Gasteiger partial charge in [-0.2, -0.15) is 18.2 Å². The van der Waals surface area contributed by atoms with Crippen molar-refractivity contribution in [1.82, 2.24) is 10.1 Å². The highest BCUT2D eigenvalue weighted by molar-refractivity contribution is 5.85. The SMILES string of the molecule is CC1CCCC(c2noc(CC(=O)C(F)(F)F)n2)C1. The van der Waals surface area contributed by atoms with E-state index in [-0.39, 0.29) is 11.8 Å². The van der Waals surface area contributed by atoms with Gasteiger partial charge in [0.15, 0.2) is 5.82 Å². The zero-order valence-corrected chi connectivity index (χ0v) is 10.5. The van der Waals surface area contributed by atoms with E-state index < -0.39 is 18.4 Å². The maximum atomic E-state index is 12.1. The summed E-state index contributed by atoms with van der Waals surface area (Å²) in [4.78, 5) is 14.7. The van der Waals surface area contributed by atoms with E-state index in [1.165, 1.54) is 0 Å². The van der Waals surface area contributed by atoms with Gasteiger partial charge in [0.2, 0.25) is 11.7 Å². The van der Waals surface area contributed by atoms with Crippen molar-refractivity contribution in [3.63, 3.8) is 0 Å². The Balaban J connectivity index is 2.01. The second kappa shape index (κ2) is 5.30. The van der Waals surface area contributed by atoms with Crippen LogP contribution in [-0.4, -0.2) is 22.1 Å². The van der Waals surface area contributed by atoms with Gasteiger partial charge in [-0.05, 0) is 18.8 Å². The minimum Gasteiger partial charge on any atom is -0.339 e. The maximum absolute atomic E-state index is 12.1. The molecular formula is C12H15F3N2O2. The Morgan fingerprint density at radius 1 is 1.42 bits per heavy atom. The summed E-state index contributed by atoms with van der Waals surface area (Å²) < 4.78 is 41.1.